The van der Waals surface area contributed by atoms with Crippen LogP contribution in [0.5, 0.6) is 11.8 Å². The number of benzene rings is 1. The molecule has 2 aromatic heterocycles. The maximum Gasteiger partial charge on any atom is 0.201 e. The van der Waals surface area contributed by atoms with Crippen LogP contribution >= 0.6 is 0 Å². The van der Waals surface area contributed by atoms with E-state index in [0.29, 0.717) is 5.56 Å². The van der Waals surface area contributed by atoms with Crippen LogP contribution in [0, 0.1) is 0 Å². The molecule has 3 aromatic rings. The van der Waals surface area contributed by atoms with Crippen LogP contribution in [0.4, 0.5) is 0 Å². The van der Waals surface area contributed by atoms with Crippen LogP contribution in [0.25, 0.3) is 22.0 Å². The first-order chi connectivity index (χ1) is 8.16. The van der Waals surface area contributed by atoms with Crippen LogP contribution in [-0.2, 0) is 7.05 Å². The molecule has 0 saturated carbocycles. The normalized spacial score (nSPS) is 11.1. The van der Waals surface area contributed by atoms with E-state index in [9.17, 15) is 10.2 Å². The molecule has 0 saturated heterocycles. The second-order valence-electron chi connectivity index (χ2n) is 4.08. The lowest BCUT2D eigenvalue weighted by atomic mass is 10.1. The second kappa shape index (κ2) is 3.31. The highest BCUT2D eigenvalue weighted by Gasteiger charge is 2.12. The van der Waals surface area contributed by atoms with Gasteiger partial charge in [-0.2, -0.15) is 0 Å². The van der Waals surface area contributed by atoms with Gasteiger partial charge in [0.2, 0.25) is 5.88 Å². The van der Waals surface area contributed by atoms with Crippen molar-refractivity contribution in [3.05, 3.63) is 36.5 Å². The summed E-state index contributed by atoms with van der Waals surface area (Å²) in [7, 11) is 1.61. The molecule has 0 aliphatic rings. The number of hydrogen-bond donors (Lipinski definition) is 3. The minimum Gasteiger partial charge on any atom is -0.494 e. The zero-order valence-electron chi connectivity index (χ0n) is 9.31. The first-order valence-corrected chi connectivity index (χ1v) is 5.32. The van der Waals surface area contributed by atoms with Gasteiger partial charge in [0.25, 0.3) is 0 Å². The average molecular weight is 228 g/mol. The van der Waals surface area contributed by atoms with Gasteiger partial charge < -0.3 is 15.2 Å². The largest absolute Gasteiger partial charge is 0.494 e. The number of hydrogen-bond acceptors (Lipinski definition) is 2. The fourth-order valence-electron chi connectivity index (χ4n) is 2.01. The summed E-state index contributed by atoms with van der Waals surface area (Å²) in [5.41, 5.74) is 2.56. The molecule has 4 nitrogen and oxygen atoms in total. The summed E-state index contributed by atoms with van der Waals surface area (Å²) in [4.78, 5) is 3.11. The molecule has 0 aliphatic carbocycles. The molecule has 0 amide bonds. The molecule has 0 radical (unpaired) electrons. The van der Waals surface area contributed by atoms with Crippen molar-refractivity contribution >= 4 is 10.9 Å². The Hall–Kier alpha value is -2.36. The van der Waals surface area contributed by atoms with Gasteiger partial charge in [-0.25, -0.2) is 0 Å². The Morgan fingerprint density at radius 2 is 1.94 bits per heavy atom. The molecular weight excluding hydrogens is 216 g/mol. The van der Waals surface area contributed by atoms with Crippen molar-refractivity contribution in [1.29, 1.82) is 0 Å². The molecule has 0 atom stereocenters. The van der Waals surface area contributed by atoms with Crippen molar-refractivity contribution < 1.29 is 10.2 Å². The van der Waals surface area contributed by atoms with Crippen molar-refractivity contribution in [2.24, 2.45) is 7.05 Å². The summed E-state index contributed by atoms with van der Waals surface area (Å²) in [6.07, 6.45) is 1.87. The molecule has 0 bridgehead atoms. The highest BCUT2D eigenvalue weighted by atomic mass is 16.3. The lowest BCUT2D eigenvalue weighted by Crippen LogP contribution is -1.84. The zero-order chi connectivity index (χ0) is 12.0. The van der Waals surface area contributed by atoms with Gasteiger partial charge in [0, 0.05) is 30.4 Å². The van der Waals surface area contributed by atoms with Gasteiger partial charge in [0.05, 0.1) is 0 Å². The summed E-state index contributed by atoms with van der Waals surface area (Å²) < 4.78 is 1.34. The summed E-state index contributed by atoms with van der Waals surface area (Å²) in [6.45, 7) is 0. The van der Waals surface area contributed by atoms with Gasteiger partial charge in [-0.15, -0.1) is 0 Å². The topological polar surface area (TPSA) is 61.2 Å². The third kappa shape index (κ3) is 1.38. The quantitative estimate of drug-likeness (QED) is 0.599. The monoisotopic (exact) mass is 228 g/mol. The molecule has 2 heterocycles. The van der Waals surface area contributed by atoms with E-state index in [0.717, 1.165) is 16.5 Å². The lowest BCUT2D eigenvalue weighted by molar-refractivity contribution is 0.387. The molecule has 1 aromatic carbocycles. The summed E-state index contributed by atoms with van der Waals surface area (Å²) in [5, 5.41) is 20.5. The third-order valence-corrected chi connectivity index (χ3v) is 3.04. The molecule has 4 heteroatoms. The van der Waals surface area contributed by atoms with Crippen molar-refractivity contribution in [1.82, 2.24) is 9.55 Å². The molecule has 0 aliphatic heterocycles. The maximum absolute atomic E-state index is 9.89. The van der Waals surface area contributed by atoms with Crippen LogP contribution in [0.2, 0.25) is 0 Å². The van der Waals surface area contributed by atoms with Crippen molar-refractivity contribution in [2.45, 2.75) is 0 Å². The third-order valence-electron chi connectivity index (χ3n) is 3.04. The molecule has 86 valence electrons. The highest BCUT2D eigenvalue weighted by molar-refractivity contribution is 5.86. The molecule has 0 unspecified atom stereocenters. The van der Waals surface area contributed by atoms with Crippen molar-refractivity contribution in [2.75, 3.05) is 0 Å². The van der Waals surface area contributed by atoms with E-state index in [-0.39, 0.29) is 11.8 Å². The Kier molecular flexibility index (Phi) is 1.92. The van der Waals surface area contributed by atoms with Crippen LogP contribution in [0.1, 0.15) is 0 Å². The summed E-state index contributed by atoms with van der Waals surface area (Å²) >= 11 is 0. The number of rotatable bonds is 1. The van der Waals surface area contributed by atoms with E-state index < -0.39 is 0 Å². The Morgan fingerprint density at radius 3 is 2.65 bits per heavy atom. The molecule has 0 fully saturated rings. The number of nitrogens with one attached hydrogen (secondary N) is 1. The first kappa shape index (κ1) is 9.84. The van der Waals surface area contributed by atoms with E-state index >= 15 is 0 Å². The van der Waals surface area contributed by atoms with Crippen molar-refractivity contribution in [3.8, 4) is 22.9 Å². The second-order valence-corrected chi connectivity index (χ2v) is 4.08. The minimum atomic E-state index is 0.0478. The predicted molar refractivity (Wildman–Crippen MR) is 66.0 cm³/mol. The Balaban J connectivity index is 2.22. The van der Waals surface area contributed by atoms with Gasteiger partial charge in [-0.1, -0.05) is 6.07 Å². The zero-order valence-corrected chi connectivity index (χ0v) is 9.31. The maximum atomic E-state index is 9.89. The van der Waals surface area contributed by atoms with Crippen LogP contribution < -0.4 is 0 Å². The van der Waals surface area contributed by atoms with Crippen LogP contribution in [0.3, 0.4) is 0 Å². The molecular formula is C13H12N2O2. The highest BCUT2D eigenvalue weighted by Crippen LogP contribution is 2.35. The van der Waals surface area contributed by atoms with Gasteiger partial charge in [0.15, 0.2) is 5.88 Å². The van der Waals surface area contributed by atoms with E-state index in [1.54, 1.807) is 13.1 Å². The van der Waals surface area contributed by atoms with E-state index in [1.165, 1.54) is 4.57 Å². The van der Waals surface area contributed by atoms with Crippen molar-refractivity contribution in [3.63, 3.8) is 0 Å². The number of nitrogens with zero attached hydrogens (tertiary/aromatic N) is 1. The Labute approximate surface area is 97.8 Å². The molecule has 3 rings (SSSR count). The minimum absolute atomic E-state index is 0.0478. The number of aromatic nitrogens is 2. The number of fused-ring (bicyclic) bond motifs is 1. The SMILES string of the molecule is Cn1c(O)cc(-c2ccc3[nH]ccc3c2)c1O. The van der Waals surface area contributed by atoms with E-state index in [1.807, 2.05) is 30.5 Å². The smallest absolute Gasteiger partial charge is 0.201 e. The number of H-pyrrole nitrogens is 1. The van der Waals surface area contributed by atoms with E-state index in [2.05, 4.69) is 4.98 Å². The summed E-state index contributed by atoms with van der Waals surface area (Å²) in [5.74, 6) is 0.115. The predicted octanol–water partition coefficient (Wildman–Crippen LogP) is 2.58. The van der Waals surface area contributed by atoms with Gasteiger partial charge in [0.1, 0.15) is 0 Å². The Morgan fingerprint density at radius 1 is 1.12 bits per heavy atom. The average Bonchev–Trinajstić information content (AvgIpc) is 2.89. The van der Waals surface area contributed by atoms with E-state index in [4.69, 9.17) is 0 Å². The fourth-order valence-corrected chi connectivity index (χ4v) is 2.01. The summed E-state index contributed by atoms with van der Waals surface area (Å²) in [6, 6.07) is 9.36. The molecule has 0 spiro atoms. The van der Waals surface area contributed by atoms with Gasteiger partial charge in [-0.05, 0) is 29.1 Å². The van der Waals surface area contributed by atoms with Crippen LogP contribution in [0.15, 0.2) is 36.5 Å². The lowest BCUT2D eigenvalue weighted by Gasteiger charge is -2.01. The van der Waals surface area contributed by atoms with Gasteiger partial charge in [-0.3, -0.25) is 4.57 Å². The standard InChI is InChI=1S/C13H12N2O2/c1-15-12(16)7-10(13(15)17)8-2-3-11-9(6-8)4-5-14-11/h2-7,14,16-17H,1H3. The number of aromatic hydroxyl groups is 2. The number of aromatic amines is 1. The van der Waals surface area contributed by atoms with Crippen LogP contribution in [-0.4, -0.2) is 19.8 Å². The Bertz CT molecular complexity index is 695. The van der Waals surface area contributed by atoms with Gasteiger partial charge >= 0.3 is 0 Å². The first-order valence-electron chi connectivity index (χ1n) is 5.32. The molecule has 17 heavy (non-hydrogen) atoms. The fraction of sp³-hybridized carbons (Fsp3) is 0.0769. The molecule has 3 N–H and O–H groups in total.